The van der Waals surface area contributed by atoms with Crippen molar-refractivity contribution >= 4 is 11.8 Å². The summed E-state index contributed by atoms with van der Waals surface area (Å²) in [5, 5.41) is 6.79. The van der Waals surface area contributed by atoms with Crippen molar-refractivity contribution in [3.05, 3.63) is 11.3 Å². The summed E-state index contributed by atoms with van der Waals surface area (Å²) in [7, 11) is 1.41. The van der Waals surface area contributed by atoms with E-state index in [1.807, 2.05) is 0 Å². The number of carbonyl (C=O) groups is 1. The number of aromatic amines is 1. The highest BCUT2D eigenvalue weighted by Crippen LogP contribution is 2.28. The van der Waals surface area contributed by atoms with Crippen LogP contribution in [-0.2, 0) is 22.4 Å². The van der Waals surface area contributed by atoms with E-state index in [-0.39, 0.29) is 11.9 Å². The highest BCUT2D eigenvalue weighted by atomic mass is 16.5. The third-order valence-corrected chi connectivity index (χ3v) is 2.71. The Hall–Kier alpha value is -1.52. The highest BCUT2D eigenvalue weighted by Gasteiger charge is 2.28. The Labute approximate surface area is 81.6 Å². The van der Waals surface area contributed by atoms with Crippen LogP contribution in [0.25, 0.3) is 0 Å². The smallest absolute Gasteiger partial charge is 0.309 e. The van der Waals surface area contributed by atoms with Crippen LogP contribution in [0.1, 0.15) is 17.7 Å². The van der Waals surface area contributed by atoms with Crippen LogP contribution in [0, 0.1) is 5.92 Å². The molecule has 0 amide bonds. The van der Waals surface area contributed by atoms with Crippen LogP contribution in [0.5, 0.6) is 0 Å². The van der Waals surface area contributed by atoms with E-state index in [1.54, 1.807) is 0 Å². The van der Waals surface area contributed by atoms with Gasteiger partial charge in [-0.1, -0.05) is 0 Å². The summed E-state index contributed by atoms with van der Waals surface area (Å²) in [5.41, 5.74) is 7.71. The van der Waals surface area contributed by atoms with Gasteiger partial charge in [0.25, 0.3) is 0 Å². The van der Waals surface area contributed by atoms with Gasteiger partial charge >= 0.3 is 5.97 Å². The third-order valence-electron chi connectivity index (χ3n) is 2.71. The lowest BCUT2D eigenvalue weighted by molar-refractivity contribution is -0.145. The molecule has 14 heavy (non-hydrogen) atoms. The first-order valence-electron chi connectivity index (χ1n) is 4.61. The van der Waals surface area contributed by atoms with Gasteiger partial charge in [0.05, 0.1) is 13.0 Å². The standard InChI is InChI=1S/C9H13N3O2/c1-14-9(13)5-2-3-7-6(4-5)8(10)12-11-7/h5H,2-4H2,1H3,(H3,10,11,12). The molecular formula is C9H13N3O2. The minimum Gasteiger partial charge on any atom is -0.469 e. The zero-order valence-corrected chi connectivity index (χ0v) is 8.04. The van der Waals surface area contributed by atoms with E-state index in [2.05, 4.69) is 10.2 Å². The molecule has 1 aliphatic rings. The zero-order valence-electron chi connectivity index (χ0n) is 8.04. The topological polar surface area (TPSA) is 81.0 Å². The molecule has 0 saturated heterocycles. The van der Waals surface area contributed by atoms with Crippen LogP contribution in [0.15, 0.2) is 0 Å². The van der Waals surface area contributed by atoms with E-state index in [0.717, 1.165) is 24.1 Å². The molecule has 1 atom stereocenters. The molecule has 0 radical (unpaired) electrons. The molecule has 0 fully saturated rings. The number of fused-ring (bicyclic) bond motifs is 1. The highest BCUT2D eigenvalue weighted by molar-refractivity contribution is 5.73. The number of hydrogen-bond acceptors (Lipinski definition) is 4. The van der Waals surface area contributed by atoms with Crippen molar-refractivity contribution in [1.82, 2.24) is 10.2 Å². The molecule has 1 aromatic heterocycles. The van der Waals surface area contributed by atoms with Gasteiger partial charge in [0, 0.05) is 11.3 Å². The molecule has 2 rings (SSSR count). The second kappa shape index (κ2) is 3.32. The van der Waals surface area contributed by atoms with Crippen molar-refractivity contribution in [1.29, 1.82) is 0 Å². The van der Waals surface area contributed by atoms with Gasteiger partial charge < -0.3 is 10.5 Å². The number of anilines is 1. The first kappa shape index (κ1) is 9.05. The predicted octanol–water partition coefficient (Wildman–Crippen LogP) is 0.270. The van der Waals surface area contributed by atoms with Gasteiger partial charge in [-0.05, 0) is 19.3 Å². The van der Waals surface area contributed by atoms with Gasteiger partial charge in [0.15, 0.2) is 0 Å². The molecular weight excluding hydrogens is 182 g/mol. The molecule has 0 spiro atoms. The second-order valence-corrected chi connectivity index (χ2v) is 3.53. The third kappa shape index (κ3) is 1.34. The molecule has 0 saturated carbocycles. The number of esters is 1. The maximum Gasteiger partial charge on any atom is 0.309 e. The van der Waals surface area contributed by atoms with E-state index in [0.29, 0.717) is 12.2 Å². The zero-order chi connectivity index (χ0) is 10.1. The van der Waals surface area contributed by atoms with Crippen molar-refractivity contribution in [3.63, 3.8) is 0 Å². The van der Waals surface area contributed by atoms with Crippen molar-refractivity contribution in [2.24, 2.45) is 5.92 Å². The minimum atomic E-state index is -0.156. The number of methoxy groups -OCH3 is 1. The summed E-state index contributed by atoms with van der Waals surface area (Å²) >= 11 is 0. The van der Waals surface area contributed by atoms with E-state index in [1.165, 1.54) is 7.11 Å². The van der Waals surface area contributed by atoms with E-state index in [4.69, 9.17) is 10.5 Å². The summed E-state index contributed by atoms with van der Waals surface area (Å²) < 4.78 is 4.71. The lowest BCUT2D eigenvalue weighted by Gasteiger charge is -2.19. The molecule has 3 N–H and O–H groups in total. The maximum atomic E-state index is 11.3. The fraction of sp³-hybridized carbons (Fsp3) is 0.556. The number of nitrogens with zero attached hydrogens (tertiary/aromatic N) is 1. The number of H-pyrrole nitrogens is 1. The van der Waals surface area contributed by atoms with Gasteiger partial charge in [-0.3, -0.25) is 9.89 Å². The summed E-state index contributed by atoms with van der Waals surface area (Å²) in [4.78, 5) is 11.3. The summed E-state index contributed by atoms with van der Waals surface area (Å²) in [6.07, 6.45) is 2.27. The Bertz CT molecular complexity index is 359. The van der Waals surface area contributed by atoms with Gasteiger partial charge in [-0.2, -0.15) is 5.10 Å². The summed E-state index contributed by atoms with van der Waals surface area (Å²) in [6.45, 7) is 0. The van der Waals surface area contributed by atoms with Gasteiger partial charge in [-0.15, -0.1) is 0 Å². The molecule has 0 bridgehead atoms. The molecule has 0 aliphatic heterocycles. The number of nitrogens with two attached hydrogens (primary N) is 1. The van der Waals surface area contributed by atoms with Crippen molar-refractivity contribution in [2.75, 3.05) is 12.8 Å². The van der Waals surface area contributed by atoms with E-state index >= 15 is 0 Å². The number of aryl methyl sites for hydroxylation is 1. The number of carbonyl (C=O) groups excluding carboxylic acids is 1. The molecule has 5 nitrogen and oxygen atoms in total. The first-order chi connectivity index (χ1) is 6.72. The normalized spacial score (nSPS) is 20.2. The average Bonchev–Trinajstić information content (AvgIpc) is 2.59. The fourth-order valence-electron chi connectivity index (χ4n) is 1.89. The minimum absolute atomic E-state index is 0.0626. The van der Waals surface area contributed by atoms with Crippen molar-refractivity contribution in [2.45, 2.75) is 19.3 Å². The monoisotopic (exact) mass is 195 g/mol. The maximum absolute atomic E-state index is 11.3. The number of aromatic nitrogens is 2. The lowest BCUT2D eigenvalue weighted by atomic mass is 9.87. The molecule has 1 aliphatic carbocycles. The molecule has 1 heterocycles. The van der Waals surface area contributed by atoms with Gasteiger partial charge in [0.2, 0.25) is 0 Å². The SMILES string of the molecule is COC(=O)C1CCc2[nH]nc(N)c2C1. The van der Waals surface area contributed by atoms with Crippen LogP contribution in [0.2, 0.25) is 0 Å². The summed E-state index contributed by atoms with van der Waals surface area (Å²) in [5.74, 6) is 0.289. The van der Waals surface area contributed by atoms with Crippen LogP contribution in [-0.4, -0.2) is 23.3 Å². The van der Waals surface area contributed by atoms with Gasteiger partial charge in [0.1, 0.15) is 5.82 Å². The predicted molar refractivity (Wildman–Crippen MR) is 50.5 cm³/mol. The average molecular weight is 195 g/mol. The van der Waals surface area contributed by atoms with E-state index in [9.17, 15) is 4.79 Å². The first-order valence-corrected chi connectivity index (χ1v) is 4.61. The molecule has 1 aromatic rings. The molecule has 5 heteroatoms. The number of nitrogen functional groups attached to an aromatic ring is 1. The van der Waals surface area contributed by atoms with Crippen LogP contribution < -0.4 is 5.73 Å². The van der Waals surface area contributed by atoms with Gasteiger partial charge in [-0.25, -0.2) is 0 Å². The van der Waals surface area contributed by atoms with Crippen molar-refractivity contribution < 1.29 is 9.53 Å². The lowest BCUT2D eigenvalue weighted by Crippen LogP contribution is -2.23. The Morgan fingerprint density at radius 1 is 1.71 bits per heavy atom. The summed E-state index contributed by atoms with van der Waals surface area (Å²) in [6, 6.07) is 0. The number of nitrogens with one attached hydrogen (secondary N) is 1. The number of rotatable bonds is 1. The Kier molecular flexibility index (Phi) is 2.15. The quantitative estimate of drug-likeness (QED) is 0.630. The Morgan fingerprint density at radius 3 is 3.21 bits per heavy atom. The molecule has 0 aromatic carbocycles. The van der Waals surface area contributed by atoms with Crippen LogP contribution in [0.4, 0.5) is 5.82 Å². The Morgan fingerprint density at radius 2 is 2.50 bits per heavy atom. The van der Waals surface area contributed by atoms with E-state index < -0.39 is 0 Å². The van der Waals surface area contributed by atoms with Crippen LogP contribution in [0.3, 0.4) is 0 Å². The number of hydrogen-bond donors (Lipinski definition) is 2. The fourth-order valence-corrected chi connectivity index (χ4v) is 1.89. The number of ether oxygens (including phenoxy) is 1. The van der Waals surface area contributed by atoms with Crippen LogP contribution >= 0.6 is 0 Å². The molecule has 1 unspecified atom stereocenters. The van der Waals surface area contributed by atoms with Crippen molar-refractivity contribution in [3.8, 4) is 0 Å². The second-order valence-electron chi connectivity index (χ2n) is 3.53. The largest absolute Gasteiger partial charge is 0.469 e. The Balaban J connectivity index is 2.20. The molecule has 76 valence electrons.